The van der Waals surface area contributed by atoms with Crippen molar-refractivity contribution < 1.29 is 19.1 Å². The average Bonchev–Trinajstić information content (AvgIpc) is 2.67. The Hall–Kier alpha value is -0.980. The molecule has 6 heteroatoms. The maximum absolute atomic E-state index is 12.3. The third kappa shape index (κ3) is 7.88. The summed E-state index contributed by atoms with van der Waals surface area (Å²) in [7, 11) is 0. The van der Waals surface area contributed by atoms with Crippen LogP contribution in [0, 0.1) is 11.8 Å². The first-order valence-electron chi connectivity index (χ1n) is 10.7. The maximum Gasteiger partial charge on any atom is 0.223 e. The molecule has 27 heavy (non-hydrogen) atoms. The molecule has 0 aromatic carbocycles. The van der Waals surface area contributed by atoms with Crippen LogP contribution < -0.4 is 5.32 Å². The molecule has 1 aliphatic carbocycles. The van der Waals surface area contributed by atoms with Crippen molar-refractivity contribution in [2.24, 2.45) is 11.8 Å². The van der Waals surface area contributed by atoms with Crippen molar-refractivity contribution in [3.8, 4) is 0 Å². The molecule has 2 fully saturated rings. The SMILES string of the molecule is CC(=O)C1CCC(N2CCC(C(=O)NCCOCCOC(C)C)CC2)CC1. The van der Waals surface area contributed by atoms with Gasteiger partial charge in [-0.25, -0.2) is 0 Å². The molecule has 1 saturated carbocycles. The molecule has 156 valence electrons. The van der Waals surface area contributed by atoms with Gasteiger partial charge in [0.25, 0.3) is 0 Å². The van der Waals surface area contributed by atoms with Gasteiger partial charge in [0.2, 0.25) is 5.91 Å². The van der Waals surface area contributed by atoms with Crippen molar-refractivity contribution in [2.75, 3.05) is 39.5 Å². The van der Waals surface area contributed by atoms with Gasteiger partial charge < -0.3 is 19.7 Å². The molecule has 0 aromatic heterocycles. The van der Waals surface area contributed by atoms with Gasteiger partial charge in [0, 0.05) is 24.4 Å². The standard InChI is InChI=1S/C21H38N2O4/c1-16(2)27-15-14-26-13-10-22-21(25)19-8-11-23(12-9-19)20-6-4-18(5-7-20)17(3)24/h16,18-20H,4-15H2,1-3H3,(H,22,25). The number of likely N-dealkylation sites (tertiary alicyclic amines) is 1. The lowest BCUT2D eigenvalue weighted by Gasteiger charge is -2.40. The number of rotatable bonds is 10. The zero-order valence-electron chi connectivity index (χ0n) is 17.4. The average molecular weight is 383 g/mol. The zero-order chi connectivity index (χ0) is 19.6. The van der Waals surface area contributed by atoms with Crippen LogP contribution in [0.25, 0.3) is 0 Å². The second kappa shape index (κ2) is 11.8. The van der Waals surface area contributed by atoms with E-state index < -0.39 is 0 Å². The molecule has 0 aromatic rings. The predicted molar refractivity (Wildman–Crippen MR) is 106 cm³/mol. The Kier molecular flexibility index (Phi) is 9.73. The number of Topliss-reactive ketones (excluding diaryl/α,β-unsaturated/α-hetero) is 1. The first kappa shape index (κ1) is 22.3. The van der Waals surface area contributed by atoms with Gasteiger partial charge in [-0.05, 0) is 72.4 Å². The highest BCUT2D eigenvalue weighted by atomic mass is 16.5. The van der Waals surface area contributed by atoms with Gasteiger partial charge in [0.15, 0.2) is 0 Å². The molecule has 1 saturated heterocycles. The minimum absolute atomic E-state index is 0.124. The van der Waals surface area contributed by atoms with Crippen LogP contribution in [0.3, 0.4) is 0 Å². The van der Waals surface area contributed by atoms with Gasteiger partial charge in [0.1, 0.15) is 5.78 Å². The highest BCUT2D eigenvalue weighted by Crippen LogP contribution is 2.30. The van der Waals surface area contributed by atoms with E-state index in [0.29, 0.717) is 38.2 Å². The van der Waals surface area contributed by atoms with E-state index in [1.54, 1.807) is 6.92 Å². The topological polar surface area (TPSA) is 67.9 Å². The smallest absolute Gasteiger partial charge is 0.223 e. The van der Waals surface area contributed by atoms with E-state index in [4.69, 9.17) is 9.47 Å². The molecule has 1 N–H and O–H groups in total. The van der Waals surface area contributed by atoms with E-state index in [0.717, 1.165) is 51.6 Å². The molecule has 1 aliphatic heterocycles. The number of nitrogens with zero attached hydrogens (tertiary/aromatic N) is 1. The van der Waals surface area contributed by atoms with Crippen molar-refractivity contribution in [1.29, 1.82) is 0 Å². The van der Waals surface area contributed by atoms with Crippen LogP contribution >= 0.6 is 0 Å². The van der Waals surface area contributed by atoms with Crippen LogP contribution in [-0.4, -0.2) is 68.2 Å². The largest absolute Gasteiger partial charge is 0.377 e. The molecule has 0 unspecified atom stereocenters. The van der Waals surface area contributed by atoms with Gasteiger partial charge in [0.05, 0.1) is 25.9 Å². The van der Waals surface area contributed by atoms with Gasteiger partial charge in [-0.1, -0.05) is 0 Å². The quantitative estimate of drug-likeness (QED) is 0.588. The van der Waals surface area contributed by atoms with E-state index in [2.05, 4.69) is 10.2 Å². The molecule has 1 amide bonds. The van der Waals surface area contributed by atoms with Crippen LogP contribution in [0.4, 0.5) is 0 Å². The Labute approximate surface area is 164 Å². The number of hydrogen-bond donors (Lipinski definition) is 1. The van der Waals surface area contributed by atoms with E-state index in [1.807, 2.05) is 13.8 Å². The van der Waals surface area contributed by atoms with Crippen LogP contribution in [0.15, 0.2) is 0 Å². The van der Waals surface area contributed by atoms with Gasteiger partial charge in [-0.15, -0.1) is 0 Å². The molecular formula is C21H38N2O4. The van der Waals surface area contributed by atoms with E-state index in [1.165, 1.54) is 0 Å². The zero-order valence-corrected chi connectivity index (χ0v) is 17.4. The Balaban J connectivity index is 1.55. The van der Waals surface area contributed by atoms with Crippen molar-refractivity contribution in [1.82, 2.24) is 10.2 Å². The van der Waals surface area contributed by atoms with Crippen molar-refractivity contribution in [3.05, 3.63) is 0 Å². The van der Waals surface area contributed by atoms with Crippen LogP contribution in [0.5, 0.6) is 0 Å². The number of carbonyl (C=O) groups excluding carboxylic acids is 2. The minimum atomic E-state index is 0.124. The van der Waals surface area contributed by atoms with E-state index in [-0.39, 0.29) is 23.8 Å². The summed E-state index contributed by atoms with van der Waals surface area (Å²) in [5, 5.41) is 3.00. The molecule has 0 radical (unpaired) electrons. The fraction of sp³-hybridized carbons (Fsp3) is 0.905. The fourth-order valence-corrected chi connectivity index (χ4v) is 4.21. The number of carbonyl (C=O) groups is 2. The molecule has 2 aliphatic rings. The van der Waals surface area contributed by atoms with Gasteiger partial charge in [-0.2, -0.15) is 0 Å². The number of ketones is 1. The van der Waals surface area contributed by atoms with E-state index >= 15 is 0 Å². The van der Waals surface area contributed by atoms with Crippen LogP contribution in [0.1, 0.15) is 59.3 Å². The Morgan fingerprint density at radius 3 is 2.22 bits per heavy atom. The second-order valence-electron chi connectivity index (χ2n) is 8.25. The Morgan fingerprint density at radius 1 is 0.963 bits per heavy atom. The normalized spacial score (nSPS) is 24.9. The maximum atomic E-state index is 12.3. The molecule has 0 atom stereocenters. The van der Waals surface area contributed by atoms with Crippen molar-refractivity contribution in [2.45, 2.75) is 71.4 Å². The van der Waals surface area contributed by atoms with Crippen molar-refractivity contribution in [3.63, 3.8) is 0 Å². The first-order chi connectivity index (χ1) is 13.0. The number of piperidine rings is 1. The number of amides is 1. The minimum Gasteiger partial charge on any atom is -0.377 e. The summed E-state index contributed by atoms with van der Waals surface area (Å²) >= 11 is 0. The van der Waals surface area contributed by atoms with Gasteiger partial charge in [-0.3, -0.25) is 9.59 Å². The Morgan fingerprint density at radius 2 is 1.63 bits per heavy atom. The number of hydrogen-bond acceptors (Lipinski definition) is 5. The molecular weight excluding hydrogens is 344 g/mol. The number of nitrogens with one attached hydrogen (secondary N) is 1. The van der Waals surface area contributed by atoms with E-state index in [9.17, 15) is 9.59 Å². The third-order valence-corrected chi connectivity index (χ3v) is 5.91. The lowest BCUT2D eigenvalue weighted by Crippen LogP contribution is -2.46. The summed E-state index contributed by atoms with van der Waals surface area (Å²) in [6, 6.07) is 0.603. The summed E-state index contributed by atoms with van der Waals surface area (Å²) in [6.07, 6.45) is 6.40. The van der Waals surface area contributed by atoms with Crippen LogP contribution in [0.2, 0.25) is 0 Å². The second-order valence-corrected chi connectivity index (χ2v) is 8.25. The highest BCUT2D eigenvalue weighted by molar-refractivity contribution is 5.79. The molecule has 6 nitrogen and oxygen atoms in total. The highest BCUT2D eigenvalue weighted by Gasteiger charge is 2.31. The summed E-state index contributed by atoms with van der Waals surface area (Å²) in [6.45, 7) is 9.98. The van der Waals surface area contributed by atoms with Crippen LogP contribution in [-0.2, 0) is 19.1 Å². The predicted octanol–water partition coefficient (Wildman–Crippen LogP) is 2.40. The molecule has 0 bridgehead atoms. The van der Waals surface area contributed by atoms with Crippen molar-refractivity contribution >= 4 is 11.7 Å². The summed E-state index contributed by atoms with van der Waals surface area (Å²) in [5.41, 5.74) is 0. The summed E-state index contributed by atoms with van der Waals surface area (Å²) in [4.78, 5) is 26.4. The first-order valence-corrected chi connectivity index (χ1v) is 10.7. The monoisotopic (exact) mass is 382 g/mol. The van der Waals surface area contributed by atoms with Gasteiger partial charge >= 0.3 is 0 Å². The molecule has 2 rings (SSSR count). The fourth-order valence-electron chi connectivity index (χ4n) is 4.21. The summed E-state index contributed by atoms with van der Waals surface area (Å²) in [5.74, 6) is 0.917. The summed E-state index contributed by atoms with van der Waals surface area (Å²) < 4.78 is 10.9. The third-order valence-electron chi connectivity index (χ3n) is 5.91. The Bertz CT molecular complexity index is 453. The molecule has 1 heterocycles. The number of ether oxygens (including phenoxy) is 2. The lowest BCUT2D eigenvalue weighted by atomic mass is 9.82. The lowest BCUT2D eigenvalue weighted by molar-refractivity contribution is -0.127. The molecule has 0 spiro atoms.